The van der Waals surface area contributed by atoms with E-state index in [0.29, 0.717) is 16.3 Å². The van der Waals surface area contributed by atoms with E-state index in [1.165, 1.54) is 6.08 Å². The lowest BCUT2D eigenvalue weighted by Crippen LogP contribution is -2.52. The molecule has 9 heteroatoms. The fourth-order valence-corrected chi connectivity index (χ4v) is 4.44. The molecule has 2 saturated heterocycles. The second kappa shape index (κ2) is 6.67. The molecule has 3 aliphatic rings. The molecule has 0 spiro atoms. The van der Waals surface area contributed by atoms with Crippen molar-refractivity contribution >= 4 is 41.0 Å². The van der Waals surface area contributed by atoms with Crippen molar-refractivity contribution in [3.05, 3.63) is 40.9 Å². The van der Waals surface area contributed by atoms with Gasteiger partial charge < -0.3 is 14.2 Å². The van der Waals surface area contributed by atoms with E-state index in [2.05, 4.69) is 0 Å². The van der Waals surface area contributed by atoms with Gasteiger partial charge in [0.05, 0.1) is 23.6 Å². The van der Waals surface area contributed by atoms with Gasteiger partial charge in [-0.25, -0.2) is 4.90 Å². The monoisotopic (exact) mass is 419 g/mol. The highest BCUT2D eigenvalue weighted by Gasteiger charge is 2.72. The van der Waals surface area contributed by atoms with Crippen LogP contribution < -0.4 is 4.90 Å². The van der Waals surface area contributed by atoms with Crippen molar-refractivity contribution in [1.29, 1.82) is 0 Å². The summed E-state index contributed by atoms with van der Waals surface area (Å²) in [4.78, 5) is 50.9. The molecule has 0 aromatic heterocycles. The summed E-state index contributed by atoms with van der Waals surface area (Å²) in [6, 6.07) is 4.93. The van der Waals surface area contributed by atoms with Gasteiger partial charge >= 0.3 is 11.9 Å². The van der Waals surface area contributed by atoms with E-state index in [4.69, 9.17) is 25.8 Å². The molecule has 1 aromatic carbocycles. The Morgan fingerprint density at radius 3 is 2.45 bits per heavy atom. The third-order valence-electron chi connectivity index (χ3n) is 5.40. The molecule has 1 aromatic rings. The summed E-state index contributed by atoms with van der Waals surface area (Å²) in [5, 5.41) is 0.382. The number of carbonyl (C=O) groups excluding carboxylic acids is 4. The highest BCUT2D eigenvalue weighted by Crippen LogP contribution is 2.55. The number of carbonyl (C=O) groups is 4. The van der Waals surface area contributed by atoms with E-state index in [0.717, 1.165) is 18.7 Å². The number of hydrogen-bond acceptors (Lipinski definition) is 7. The summed E-state index contributed by atoms with van der Waals surface area (Å²) in [6.45, 7) is 4.07. The molecule has 152 valence electrons. The van der Waals surface area contributed by atoms with Crippen LogP contribution in [0, 0.1) is 18.8 Å². The largest absolute Gasteiger partial charge is 0.422 e. The van der Waals surface area contributed by atoms with Gasteiger partial charge in [0, 0.05) is 18.9 Å². The van der Waals surface area contributed by atoms with Crippen molar-refractivity contribution in [3.63, 3.8) is 0 Å². The Hall–Kier alpha value is -2.71. The van der Waals surface area contributed by atoms with E-state index < -0.39 is 53.6 Å². The average Bonchev–Trinajstić information content (AvgIpc) is 3.27. The standard InChI is InChI=1S/C20H18ClNO7/c1-9-4-5-12(21)8-13(9)22-17(25)15-14-6-7-20(29-14,16(15)18(22)26)19(27-10(2)23)28-11(3)24/h4-8,14-16,19H,1-3H3/t14-,15+,16-,20+/m1/s1. The van der Waals surface area contributed by atoms with Gasteiger partial charge in [0.2, 0.25) is 11.8 Å². The molecule has 0 saturated carbocycles. The Labute approximate surface area is 171 Å². The molecular formula is C20H18ClNO7. The van der Waals surface area contributed by atoms with Gasteiger partial charge in [0.25, 0.3) is 6.29 Å². The average molecular weight is 420 g/mol. The normalized spacial score (nSPS) is 29.6. The van der Waals surface area contributed by atoms with Gasteiger partial charge in [-0.3, -0.25) is 19.2 Å². The Morgan fingerprint density at radius 2 is 1.83 bits per heavy atom. The lowest BCUT2D eigenvalue weighted by atomic mass is 9.76. The molecule has 29 heavy (non-hydrogen) atoms. The Kier molecular flexibility index (Phi) is 4.51. The minimum Gasteiger partial charge on any atom is -0.422 e. The first-order chi connectivity index (χ1) is 13.7. The lowest BCUT2D eigenvalue weighted by Gasteiger charge is -2.34. The SMILES string of the molecule is CC(=O)OC(OC(C)=O)[C@@]12C=C[C@@H](O1)[C@@H]1C(=O)N(c3cc(Cl)ccc3C)C(=O)[C@@H]12. The maximum absolute atomic E-state index is 13.4. The first-order valence-electron chi connectivity index (χ1n) is 9.01. The van der Waals surface area contributed by atoms with Crippen LogP contribution in [-0.4, -0.2) is 41.7 Å². The van der Waals surface area contributed by atoms with E-state index >= 15 is 0 Å². The maximum atomic E-state index is 13.4. The summed E-state index contributed by atoms with van der Waals surface area (Å²) in [7, 11) is 0. The molecule has 4 atom stereocenters. The van der Waals surface area contributed by atoms with Gasteiger partial charge in [0.1, 0.15) is 0 Å². The second-order valence-electron chi connectivity index (χ2n) is 7.29. The van der Waals surface area contributed by atoms with E-state index in [9.17, 15) is 19.2 Å². The first-order valence-corrected chi connectivity index (χ1v) is 9.39. The molecule has 2 amide bonds. The predicted molar refractivity (Wildman–Crippen MR) is 99.7 cm³/mol. The number of halogens is 1. The highest BCUT2D eigenvalue weighted by atomic mass is 35.5. The van der Waals surface area contributed by atoms with Crippen molar-refractivity contribution in [3.8, 4) is 0 Å². The number of aryl methyl sites for hydroxylation is 1. The molecule has 0 N–H and O–H groups in total. The fraction of sp³-hybridized carbons (Fsp3) is 0.400. The Balaban J connectivity index is 1.77. The van der Waals surface area contributed by atoms with Crippen LogP contribution in [0.25, 0.3) is 0 Å². The number of imide groups is 1. The summed E-state index contributed by atoms with van der Waals surface area (Å²) < 4.78 is 16.3. The van der Waals surface area contributed by atoms with Crippen molar-refractivity contribution in [2.45, 2.75) is 38.8 Å². The van der Waals surface area contributed by atoms with E-state index in [-0.39, 0.29) is 0 Å². The zero-order valence-electron chi connectivity index (χ0n) is 15.9. The van der Waals surface area contributed by atoms with Crippen LogP contribution in [0.1, 0.15) is 19.4 Å². The molecular weight excluding hydrogens is 402 g/mol. The van der Waals surface area contributed by atoms with Crippen LogP contribution in [-0.2, 0) is 33.4 Å². The maximum Gasteiger partial charge on any atom is 0.305 e. The molecule has 2 bridgehead atoms. The molecule has 8 nitrogen and oxygen atoms in total. The third kappa shape index (κ3) is 2.86. The number of amides is 2. The molecule has 0 radical (unpaired) electrons. The summed E-state index contributed by atoms with van der Waals surface area (Å²) in [5.41, 5.74) is -0.489. The quantitative estimate of drug-likeness (QED) is 0.318. The molecule has 3 aliphatic heterocycles. The summed E-state index contributed by atoms with van der Waals surface area (Å²) in [6.07, 6.45) is 0.968. The second-order valence-corrected chi connectivity index (χ2v) is 7.73. The zero-order valence-corrected chi connectivity index (χ0v) is 16.6. The molecule has 2 fully saturated rings. The van der Waals surface area contributed by atoms with Gasteiger partial charge in [-0.15, -0.1) is 0 Å². The van der Waals surface area contributed by atoms with Crippen LogP contribution in [0.5, 0.6) is 0 Å². The lowest BCUT2D eigenvalue weighted by molar-refractivity contribution is -0.226. The predicted octanol–water partition coefficient (Wildman–Crippen LogP) is 1.91. The van der Waals surface area contributed by atoms with Crippen molar-refractivity contribution in [2.75, 3.05) is 4.90 Å². The number of rotatable bonds is 4. The van der Waals surface area contributed by atoms with Crippen LogP contribution in [0.3, 0.4) is 0 Å². The van der Waals surface area contributed by atoms with Gasteiger partial charge in [-0.1, -0.05) is 23.7 Å². The number of benzene rings is 1. The highest BCUT2D eigenvalue weighted by molar-refractivity contribution is 6.31. The van der Waals surface area contributed by atoms with Crippen LogP contribution in [0.2, 0.25) is 5.02 Å². The number of hydrogen-bond donors (Lipinski definition) is 0. The van der Waals surface area contributed by atoms with E-state index in [1.54, 1.807) is 31.2 Å². The number of ether oxygens (including phenoxy) is 3. The van der Waals surface area contributed by atoms with E-state index in [1.807, 2.05) is 0 Å². The molecule has 0 aliphatic carbocycles. The van der Waals surface area contributed by atoms with Crippen molar-refractivity contribution in [2.24, 2.45) is 11.8 Å². The summed E-state index contributed by atoms with van der Waals surface area (Å²) in [5.74, 6) is -4.22. The Morgan fingerprint density at radius 1 is 1.17 bits per heavy atom. The minimum atomic E-state index is -1.57. The summed E-state index contributed by atoms with van der Waals surface area (Å²) >= 11 is 6.07. The third-order valence-corrected chi connectivity index (χ3v) is 5.64. The van der Waals surface area contributed by atoms with Crippen molar-refractivity contribution < 1.29 is 33.4 Å². The van der Waals surface area contributed by atoms with Crippen LogP contribution in [0.4, 0.5) is 5.69 Å². The minimum absolute atomic E-state index is 0.382. The molecule has 4 rings (SSSR count). The Bertz CT molecular complexity index is 958. The number of fused-ring (bicyclic) bond motifs is 5. The smallest absolute Gasteiger partial charge is 0.305 e. The van der Waals surface area contributed by atoms with Crippen LogP contribution >= 0.6 is 11.6 Å². The van der Waals surface area contributed by atoms with Gasteiger partial charge in [-0.2, -0.15) is 0 Å². The van der Waals surface area contributed by atoms with Gasteiger partial charge in [-0.05, 0) is 30.7 Å². The molecule has 0 unspecified atom stereocenters. The fourth-order valence-electron chi connectivity index (χ4n) is 4.28. The number of esters is 2. The number of nitrogens with zero attached hydrogens (tertiary/aromatic N) is 1. The van der Waals surface area contributed by atoms with Crippen LogP contribution in [0.15, 0.2) is 30.4 Å². The van der Waals surface area contributed by atoms with Crippen molar-refractivity contribution in [1.82, 2.24) is 0 Å². The first kappa shape index (κ1) is 19.6. The van der Waals surface area contributed by atoms with Gasteiger partial charge in [0.15, 0.2) is 5.60 Å². The topological polar surface area (TPSA) is 99.2 Å². The molecule has 3 heterocycles. The number of anilines is 1. The zero-order chi connectivity index (χ0) is 21.1.